The van der Waals surface area contributed by atoms with Crippen LogP contribution >= 0.6 is 11.3 Å². The maximum absolute atomic E-state index is 12.5. The van der Waals surface area contributed by atoms with E-state index in [1.54, 1.807) is 12.1 Å². The molecule has 1 heterocycles. The lowest BCUT2D eigenvalue weighted by atomic mass is 10.1. The molecule has 0 bridgehead atoms. The molecule has 0 spiro atoms. The number of hydrogen-bond donors (Lipinski definition) is 1. The van der Waals surface area contributed by atoms with Crippen LogP contribution < -0.4 is 4.72 Å². The maximum Gasteiger partial charge on any atom is 0.263 e. The van der Waals surface area contributed by atoms with Gasteiger partial charge in [0.05, 0.1) is 15.1 Å². The number of nitrogens with one attached hydrogen (secondary N) is 1. The van der Waals surface area contributed by atoms with Crippen LogP contribution in [0.5, 0.6) is 0 Å². The van der Waals surface area contributed by atoms with Crippen molar-refractivity contribution in [3.63, 3.8) is 0 Å². The molecule has 7 heteroatoms. The molecule has 0 saturated heterocycles. The normalized spacial score (nSPS) is 11.6. The van der Waals surface area contributed by atoms with Crippen LogP contribution in [0.1, 0.15) is 28.4 Å². The van der Waals surface area contributed by atoms with Crippen molar-refractivity contribution in [3.05, 3.63) is 53.1 Å². The van der Waals surface area contributed by atoms with Gasteiger partial charge in [-0.3, -0.25) is 9.52 Å². The molecule has 5 nitrogen and oxygen atoms in total. The Morgan fingerprint density at radius 2 is 1.92 bits per heavy atom. The van der Waals surface area contributed by atoms with E-state index in [-0.39, 0.29) is 10.7 Å². The molecule has 0 fully saturated rings. The highest BCUT2D eigenvalue weighted by molar-refractivity contribution is 7.93. The zero-order valence-corrected chi connectivity index (χ0v) is 15.1. The summed E-state index contributed by atoms with van der Waals surface area (Å²) >= 11 is 1.29. The Bertz CT molecular complexity index is 1050. The molecule has 1 N–H and O–H groups in total. The fourth-order valence-electron chi connectivity index (χ4n) is 2.47. The van der Waals surface area contributed by atoms with Gasteiger partial charge in [0.1, 0.15) is 0 Å². The minimum atomic E-state index is -3.79. The topological polar surface area (TPSA) is 76.1 Å². The minimum Gasteiger partial charge on any atom is -0.295 e. The van der Waals surface area contributed by atoms with E-state index in [0.717, 1.165) is 21.3 Å². The van der Waals surface area contributed by atoms with Gasteiger partial charge in [-0.25, -0.2) is 13.4 Å². The number of carbonyl (C=O) groups is 1. The van der Waals surface area contributed by atoms with E-state index in [4.69, 9.17) is 0 Å². The van der Waals surface area contributed by atoms with E-state index in [1.165, 1.54) is 30.4 Å². The number of fused-ring (bicyclic) bond motifs is 1. The summed E-state index contributed by atoms with van der Waals surface area (Å²) in [7, 11) is -3.79. The van der Waals surface area contributed by atoms with Gasteiger partial charge < -0.3 is 0 Å². The Morgan fingerprint density at radius 1 is 1.17 bits per heavy atom. The summed E-state index contributed by atoms with van der Waals surface area (Å²) in [4.78, 5) is 15.9. The summed E-state index contributed by atoms with van der Waals surface area (Å²) in [5, 5.41) is 0.312. The molecule has 0 aliphatic heterocycles. The number of hydrogen-bond acceptors (Lipinski definition) is 5. The van der Waals surface area contributed by atoms with Gasteiger partial charge in [-0.05, 0) is 50.1 Å². The first-order valence-electron chi connectivity index (χ1n) is 7.28. The van der Waals surface area contributed by atoms with E-state index < -0.39 is 10.0 Å². The molecule has 0 saturated carbocycles. The lowest BCUT2D eigenvalue weighted by Gasteiger charge is -2.06. The second kappa shape index (κ2) is 5.99. The highest BCUT2D eigenvalue weighted by atomic mass is 32.2. The second-order valence-corrected chi connectivity index (χ2v) is 8.35. The van der Waals surface area contributed by atoms with Gasteiger partial charge in [0.25, 0.3) is 10.0 Å². The first kappa shape index (κ1) is 16.6. The van der Waals surface area contributed by atoms with Crippen LogP contribution in [0.2, 0.25) is 0 Å². The Balaban J connectivity index is 1.99. The summed E-state index contributed by atoms with van der Waals surface area (Å²) in [6, 6.07) is 9.96. The van der Waals surface area contributed by atoms with E-state index in [9.17, 15) is 13.2 Å². The quantitative estimate of drug-likeness (QED) is 0.716. The molecule has 0 radical (unpaired) electrons. The number of Topliss-reactive ketones (excluding diaryl/α,β-unsaturated/α-hetero) is 1. The Labute approximate surface area is 144 Å². The number of benzene rings is 2. The van der Waals surface area contributed by atoms with Gasteiger partial charge in [-0.2, -0.15) is 0 Å². The monoisotopic (exact) mass is 360 g/mol. The zero-order chi connectivity index (χ0) is 17.5. The fourth-order valence-corrected chi connectivity index (χ4v) is 4.79. The van der Waals surface area contributed by atoms with Gasteiger partial charge in [-0.15, -0.1) is 0 Å². The summed E-state index contributed by atoms with van der Waals surface area (Å²) in [5.74, 6) is -0.182. The molecule has 0 aliphatic rings. The molecule has 0 amide bonds. The van der Waals surface area contributed by atoms with Gasteiger partial charge >= 0.3 is 0 Å². The molecule has 1 aromatic heterocycles. The van der Waals surface area contributed by atoms with Crippen molar-refractivity contribution < 1.29 is 13.2 Å². The Morgan fingerprint density at radius 3 is 2.62 bits per heavy atom. The summed E-state index contributed by atoms with van der Waals surface area (Å²) in [6.07, 6.45) is 0. The van der Waals surface area contributed by atoms with Gasteiger partial charge in [0.2, 0.25) is 0 Å². The number of carbonyl (C=O) groups excluding carboxylic acids is 1. The van der Waals surface area contributed by atoms with Crippen LogP contribution in [-0.4, -0.2) is 19.2 Å². The molecule has 124 valence electrons. The van der Waals surface area contributed by atoms with Crippen molar-refractivity contribution in [2.45, 2.75) is 25.7 Å². The number of aromatic nitrogens is 1. The number of sulfonamides is 1. The standard InChI is InChI=1S/C17H16N2O3S2/c1-10-7-11(2)16-15(8-10)23-17(18-16)19-24(21,22)14-6-4-5-13(9-14)12(3)20/h4-9H,1-3H3,(H,18,19). The second-order valence-electron chi connectivity index (χ2n) is 5.64. The smallest absolute Gasteiger partial charge is 0.263 e. The molecule has 24 heavy (non-hydrogen) atoms. The van der Waals surface area contributed by atoms with Crippen LogP contribution in [0, 0.1) is 13.8 Å². The van der Waals surface area contributed by atoms with Crippen LogP contribution in [-0.2, 0) is 10.0 Å². The Hall–Kier alpha value is -2.25. The van der Waals surface area contributed by atoms with Crippen molar-refractivity contribution >= 4 is 42.5 Å². The molecular formula is C17H16N2O3S2. The molecular weight excluding hydrogens is 344 g/mol. The molecule has 3 rings (SSSR count). The number of aryl methyl sites for hydroxylation is 2. The molecule has 0 unspecified atom stereocenters. The van der Waals surface area contributed by atoms with E-state index >= 15 is 0 Å². The summed E-state index contributed by atoms with van der Waals surface area (Å²) in [5.41, 5.74) is 3.26. The largest absolute Gasteiger partial charge is 0.295 e. The SMILES string of the molecule is CC(=O)c1cccc(S(=O)(=O)Nc2nc3c(C)cc(C)cc3s2)c1. The third kappa shape index (κ3) is 3.18. The van der Waals surface area contributed by atoms with Crippen molar-refractivity contribution in [1.29, 1.82) is 0 Å². The third-order valence-electron chi connectivity index (χ3n) is 3.60. The first-order valence-corrected chi connectivity index (χ1v) is 9.58. The first-order chi connectivity index (χ1) is 11.3. The van der Waals surface area contributed by atoms with Crippen LogP contribution in [0.15, 0.2) is 41.3 Å². The Kier molecular flexibility index (Phi) is 4.15. The maximum atomic E-state index is 12.5. The van der Waals surface area contributed by atoms with Crippen LogP contribution in [0.4, 0.5) is 5.13 Å². The number of nitrogens with zero attached hydrogens (tertiary/aromatic N) is 1. The molecule has 3 aromatic rings. The molecule has 2 aromatic carbocycles. The lowest BCUT2D eigenvalue weighted by Crippen LogP contribution is -2.13. The highest BCUT2D eigenvalue weighted by Crippen LogP contribution is 2.30. The zero-order valence-electron chi connectivity index (χ0n) is 13.5. The van der Waals surface area contributed by atoms with Crippen molar-refractivity contribution in [2.75, 3.05) is 4.72 Å². The van der Waals surface area contributed by atoms with Crippen molar-refractivity contribution in [2.24, 2.45) is 0 Å². The molecule has 0 atom stereocenters. The summed E-state index contributed by atoms with van der Waals surface area (Å²) in [6.45, 7) is 5.34. The average Bonchev–Trinajstić information content (AvgIpc) is 2.89. The highest BCUT2D eigenvalue weighted by Gasteiger charge is 2.18. The number of rotatable bonds is 4. The number of ketones is 1. The lowest BCUT2D eigenvalue weighted by molar-refractivity contribution is 0.101. The molecule has 0 aliphatic carbocycles. The van der Waals surface area contributed by atoms with Gasteiger partial charge in [0.15, 0.2) is 10.9 Å². The van der Waals surface area contributed by atoms with Crippen LogP contribution in [0.3, 0.4) is 0 Å². The predicted molar refractivity (Wildman–Crippen MR) is 96.3 cm³/mol. The number of thiazole rings is 1. The number of anilines is 1. The predicted octanol–water partition coefficient (Wildman–Crippen LogP) is 3.92. The van der Waals surface area contributed by atoms with E-state index in [1.807, 2.05) is 26.0 Å². The van der Waals surface area contributed by atoms with E-state index in [0.29, 0.717) is 10.7 Å². The minimum absolute atomic E-state index is 0.0439. The average molecular weight is 360 g/mol. The van der Waals surface area contributed by atoms with E-state index in [2.05, 4.69) is 9.71 Å². The third-order valence-corrected chi connectivity index (χ3v) is 5.99. The van der Waals surface area contributed by atoms with Gasteiger partial charge in [0, 0.05) is 5.56 Å². The summed E-state index contributed by atoms with van der Waals surface area (Å²) < 4.78 is 28.5. The van der Waals surface area contributed by atoms with Gasteiger partial charge in [-0.1, -0.05) is 29.5 Å². The van der Waals surface area contributed by atoms with Crippen LogP contribution in [0.25, 0.3) is 10.2 Å². The van der Waals surface area contributed by atoms with Crippen molar-refractivity contribution in [1.82, 2.24) is 4.98 Å². The van der Waals surface area contributed by atoms with Crippen molar-refractivity contribution in [3.8, 4) is 0 Å². The fraction of sp³-hybridized carbons (Fsp3) is 0.176.